The fourth-order valence-corrected chi connectivity index (χ4v) is 1.91. The van der Waals surface area contributed by atoms with Crippen LogP contribution in [0.15, 0.2) is 12.1 Å². The summed E-state index contributed by atoms with van der Waals surface area (Å²) in [7, 11) is 0. The normalized spacial score (nSPS) is 12.1. The molecule has 1 rings (SSSR count). The number of hydrogen-bond acceptors (Lipinski definition) is 1. The highest BCUT2D eigenvalue weighted by atomic mass is 35.5. The molecule has 0 bridgehead atoms. The van der Waals surface area contributed by atoms with Crippen molar-refractivity contribution in [3.05, 3.63) is 33.6 Å². The van der Waals surface area contributed by atoms with E-state index in [0.29, 0.717) is 17.0 Å². The molecule has 2 N–H and O–H groups in total. The second-order valence-corrected chi connectivity index (χ2v) is 4.29. The second-order valence-electron chi connectivity index (χ2n) is 3.51. The van der Waals surface area contributed by atoms with Gasteiger partial charge in [-0.05, 0) is 18.6 Å². The van der Waals surface area contributed by atoms with Crippen LogP contribution in [0.25, 0.3) is 0 Å². The Bertz CT molecular complexity index is 344. The lowest BCUT2D eigenvalue weighted by molar-refractivity contribution is 0.548. The molecule has 0 fully saturated rings. The summed E-state index contributed by atoms with van der Waals surface area (Å²) in [5.41, 5.74) is 6.20. The summed E-state index contributed by atoms with van der Waals surface area (Å²) in [4.78, 5) is 0. The Hall–Kier alpha value is -0.0200. The van der Waals surface area contributed by atoms with E-state index in [1.54, 1.807) is 0 Å². The maximum Gasteiger partial charge on any atom is 0.129 e. The molecule has 1 nitrogen and oxygen atoms in total. The summed E-state index contributed by atoms with van der Waals surface area (Å²) >= 11 is 11.7. The van der Waals surface area contributed by atoms with Crippen molar-refractivity contribution in [1.29, 1.82) is 0 Å². The predicted molar refractivity (Wildman–Crippen MR) is 70.1 cm³/mol. The first-order valence-electron chi connectivity index (χ1n) is 4.96. The smallest absolute Gasteiger partial charge is 0.129 e. The molecular formula is C11H15Cl3FN. The average Bonchev–Trinajstić information content (AvgIpc) is 2.21. The summed E-state index contributed by atoms with van der Waals surface area (Å²) < 4.78 is 13.5. The molecule has 0 radical (unpaired) electrons. The molecule has 0 heterocycles. The van der Waals surface area contributed by atoms with E-state index >= 15 is 0 Å². The van der Waals surface area contributed by atoms with Crippen molar-refractivity contribution in [2.75, 3.05) is 0 Å². The van der Waals surface area contributed by atoms with E-state index in [1.807, 2.05) is 0 Å². The zero-order valence-corrected chi connectivity index (χ0v) is 11.3. The predicted octanol–water partition coefficient (Wildman–Crippen LogP) is 4.74. The zero-order chi connectivity index (χ0) is 11.4. The van der Waals surface area contributed by atoms with Gasteiger partial charge in [-0.2, -0.15) is 0 Å². The van der Waals surface area contributed by atoms with Gasteiger partial charge in [-0.25, -0.2) is 4.39 Å². The molecule has 0 aliphatic carbocycles. The molecule has 0 unspecified atom stereocenters. The van der Waals surface area contributed by atoms with Crippen molar-refractivity contribution < 1.29 is 4.39 Å². The minimum atomic E-state index is -0.381. The average molecular weight is 287 g/mol. The lowest BCUT2D eigenvalue weighted by Gasteiger charge is -2.14. The summed E-state index contributed by atoms with van der Waals surface area (Å²) in [6.45, 7) is 2.06. The molecule has 92 valence electrons. The molecule has 1 atom stereocenters. The minimum absolute atomic E-state index is 0. The number of unbranched alkanes of at least 4 members (excludes halogenated alkanes) is 1. The number of halogens is 4. The zero-order valence-electron chi connectivity index (χ0n) is 8.97. The van der Waals surface area contributed by atoms with Gasteiger partial charge in [0.05, 0.1) is 10.0 Å². The van der Waals surface area contributed by atoms with E-state index < -0.39 is 0 Å². The van der Waals surface area contributed by atoms with Gasteiger partial charge in [-0.15, -0.1) is 12.4 Å². The van der Waals surface area contributed by atoms with Crippen LogP contribution in [-0.4, -0.2) is 0 Å². The van der Waals surface area contributed by atoms with Gasteiger partial charge in [-0.3, -0.25) is 0 Å². The van der Waals surface area contributed by atoms with Crippen LogP contribution in [0, 0.1) is 5.82 Å². The fraction of sp³-hybridized carbons (Fsp3) is 0.455. The van der Waals surface area contributed by atoms with Crippen molar-refractivity contribution >= 4 is 35.6 Å². The van der Waals surface area contributed by atoms with Gasteiger partial charge in [0.2, 0.25) is 0 Å². The highest BCUT2D eigenvalue weighted by Crippen LogP contribution is 2.33. The largest absolute Gasteiger partial charge is 0.324 e. The van der Waals surface area contributed by atoms with E-state index in [4.69, 9.17) is 28.9 Å². The van der Waals surface area contributed by atoms with Gasteiger partial charge < -0.3 is 5.73 Å². The van der Waals surface area contributed by atoms with Crippen LogP contribution in [0.1, 0.15) is 37.8 Å². The third kappa shape index (κ3) is 3.77. The summed E-state index contributed by atoms with van der Waals surface area (Å²) in [6, 6.07) is 2.36. The molecule has 0 aliphatic heterocycles. The molecular weight excluding hydrogens is 271 g/mol. The van der Waals surface area contributed by atoms with Crippen LogP contribution in [0.2, 0.25) is 10.0 Å². The summed E-state index contributed by atoms with van der Waals surface area (Å²) in [5, 5.41) is 0.584. The van der Waals surface area contributed by atoms with E-state index in [2.05, 4.69) is 6.92 Å². The van der Waals surface area contributed by atoms with Crippen LogP contribution in [0.3, 0.4) is 0 Å². The van der Waals surface area contributed by atoms with Crippen LogP contribution in [0.4, 0.5) is 4.39 Å². The standard InChI is InChI=1S/C11H14Cl2FN.ClH/c1-2-3-4-9(15)10-8(14)6-5-7(12)11(10)13;/h5-6,9H,2-4,15H2,1H3;1H/t9-;/m0./s1. The fourth-order valence-electron chi connectivity index (χ4n) is 1.45. The Morgan fingerprint density at radius 3 is 2.56 bits per heavy atom. The third-order valence-electron chi connectivity index (χ3n) is 2.32. The van der Waals surface area contributed by atoms with E-state index in [-0.39, 0.29) is 29.3 Å². The quantitative estimate of drug-likeness (QED) is 0.795. The minimum Gasteiger partial charge on any atom is -0.324 e. The van der Waals surface area contributed by atoms with E-state index in [9.17, 15) is 4.39 Å². The Morgan fingerprint density at radius 1 is 1.38 bits per heavy atom. The molecule has 5 heteroatoms. The molecule has 1 aromatic rings. The SMILES string of the molecule is CCCC[C@H](N)c1c(F)ccc(Cl)c1Cl.Cl. The third-order valence-corrected chi connectivity index (χ3v) is 3.14. The van der Waals surface area contributed by atoms with Crippen LogP contribution in [0.5, 0.6) is 0 Å². The lowest BCUT2D eigenvalue weighted by Crippen LogP contribution is -2.12. The Labute approximate surface area is 112 Å². The molecule has 0 saturated carbocycles. The van der Waals surface area contributed by atoms with Crippen LogP contribution in [-0.2, 0) is 0 Å². The van der Waals surface area contributed by atoms with E-state index in [1.165, 1.54) is 12.1 Å². The van der Waals surface area contributed by atoms with Crippen LogP contribution < -0.4 is 5.73 Å². The van der Waals surface area contributed by atoms with Gasteiger partial charge in [0.15, 0.2) is 0 Å². The number of benzene rings is 1. The van der Waals surface area contributed by atoms with Gasteiger partial charge in [0.25, 0.3) is 0 Å². The first-order chi connectivity index (χ1) is 7.07. The van der Waals surface area contributed by atoms with Gasteiger partial charge in [-0.1, -0.05) is 43.0 Å². The van der Waals surface area contributed by atoms with E-state index in [0.717, 1.165) is 12.8 Å². The highest BCUT2D eigenvalue weighted by molar-refractivity contribution is 6.42. The summed E-state index contributed by atoms with van der Waals surface area (Å²) in [5.74, 6) is -0.381. The Morgan fingerprint density at radius 2 is 2.00 bits per heavy atom. The Kier molecular flexibility index (Phi) is 7.32. The van der Waals surface area contributed by atoms with Crippen molar-refractivity contribution in [3.63, 3.8) is 0 Å². The molecule has 1 aromatic carbocycles. The van der Waals surface area contributed by atoms with Gasteiger partial charge in [0, 0.05) is 11.6 Å². The highest BCUT2D eigenvalue weighted by Gasteiger charge is 2.17. The van der Waals surface area contributed by atoms with Crippen molar-refractivity contribution in [1.82, 2.24) is 0 Å². The van der Waals surface area contributed by atoms with Crippen molar-refractivity contribution in [2.24, 2.45) is 5.73 Å². The number of hydrogen-bond donors (Lipinski definition) is 1. The first-order valence-corrected chi connectivity index (χ1v) is 5.72. The monoisotopic (exact) mass is 285 g/mol. The molecule has 16 heavy (non-hydrogen) atoms. The first kappa shape index (κ1) is 16.0. The van der Waals surface area contributed by atoms with Crippen molar-refractivity contribution in [2.45, 2.75) is 32.2 Å². The Balaban J connectivity index is 0.00000225. The molecule has 0 saturated heterocycles. The maximum atomic E-state index is 13.5. The van der Waals surface area contributed by atoms with Gasteiger partial charge >= 0.3 is 0 Å². The summed E-state index contributed by atoms with van der Waals surface area (Å²) in [6.07, 6.45) is 2.68. The maximum absolute atomic E-state index is 13.5. The molecule has 0 aliphatic rings. The second kappa shape index (κ2) is 7.33. The number of rotatable bonds is 4. The molecule has 0 spiro atoms. The molecule has 0 aromatic heterocycles. The number of nitrogens with two attached hydrogens (primary N) is 1. The van der Waals surface area contributed by atoms with Crippen molar-refractivity contribution in [3.8, 4) is 0 Å². The topological polar surface area (TPSA) is 26.0 Å². The van der Waals surface area contributed by atoms with Crippen LogP contribution >= 0.6 is 35.6 Å². The lowest BCUT2D eigenvalue weighted by atomic mass is 10.0. The molecule has 0 amide bonds. The van der Waals surface area contributed by atoms with Gasteiger partial charge in [0.1, 0.15) is 5.82 Å².